The summed E-state index contributed by atoms with van der Waals surface area (Å²) in [6.07, 6.45) is 7.10. The quantitative estimate of drug-likeness (QED) is 0.681. The molecular weight excluding hydrogens is 182 g/mol. The van der Waals surface area contributed by atoms with E-state index in [1.165, 1.54) is 45.2 Å². The third-order valence-corrected chi connectivity index (χ3v) is 4.11. The molecule has 1 fully saturated rings. The summed E-state index contributed by atoms with van der Waals surface area (Å²) < 4.78 is 0. The molecule has 1 heterocycles. The van der Waals surface area contributed by atoms with E-state index in [0.717, 1.165) is 17.9 Å². The van der Waals surface area contributed by atoms with E-state index in [-0.39, 0.29) is 0 Å². The zero-order valence-electron chi connectivity index (χ0n) is 11.1. The molecule has 0 aliphatic carbocycles. The van der Waals surface area contributed by atoms with Gasteiger partial charge in [-0.2, -0.15) is 0 Å². The average molecular weight is 211 g/mol. The van der Waals surface area contributed by atoms with Gasteiger partial charge >= 0.3 is 0 Å². The number of likely N-dealkylation sites (tertiary alicyclic amines) is 1. The zero-order valence-corrected chi connectivity index (χ0v) is 11.1. The van der Waals surface area contributed by atoms with Gasteiger partial charge in [0.2, 0.25) is 0 Å². The Hall–Kier alpha value is -0.0400. The van der Waals surface area contributed by atoms with Gasteiger partial charge in [-0.1, -0.05) is 33.6 Å². The summed E-state index contributed by atoms with van der Waals surface area (Å²) >= 11 is 0. The Morgan fingerprint density at radius 2 is 1.40 bits per heavy atom. The first-order valence-corrected chi connectivity index (χ1v) is 6.85. The van der Waals surface area contributed by atoms with Crippen molar-refractivity contribution in [2.24, 2.45) is 11.8 Å². The van der Waals surface area contributed by atoms with Gasteiger partial charge in [0.1, 0.15) is 0 Å². The summed E-state index contributed by atoms with van der Waals surface area (Å²) in [5.74, 6) is 1.70. The van der Waals surface area contributed by atoms with Crippen LogP contribution >= 0.6 is 0 Å². The lowest BCUT2D eigenvalue weighted by molar-refractivity contribution is 0.178. The van der Waals surface area contributed by atoms with Gasteiger partial charge < -0.3 is 4.90 Å². The molecule has 0 radical (unpaired) electrons. The molecule has 0 aromatic carbocycles. The number of nitrogens with zero attached hydrogens (tertiary/aromatic N) is 1. The Labute approximate surface area is 96.2 Å². The van der Waals surface area contributed by atoms with Crippen LogP contribution in [0.3, 0.4) is 0 Å². The molecule has 1 aliphatic heterocycles. The van der Waals surface area contributed by atoms with E-state index < -0.39 is 0 Å². The SMILES string of the molecule is CC(C)C(C)CC(C)N1CCCCCC1. The van der Waals surface area contributed by atoms with E-state index in [2.05, 4.69) is 32.6 Å². The maximum atomic E-state index is 2.71. The highest BCUT2D eigenvalue weighted by Gasteiger charge is 2.18. The largest absolute Gasteiger partial charge is 0.301 e. The molecule has 1 aliphatic rings. The van der Waals surface area contributed by atoms with E-state index in [4.69, 9.17) is 0 Å². The van der Waals surface area contributed by atoms with Crippen molar-refractivity contribution in [1.29, 1.82) is 0 Å². The van der Waals surface area contributed by atoms with Gasteiger partial charge in [-0.15, -0.1) is 0 Å². The van der Waals surface area contributed by atoms with Crippen molar-refractivity contribution >= 4 is 0 Å². The summed E-state index contributed by atoms with van der Waals surface area (Å²) in [7, 11) is 0. The zero-order chi connectivity index (χ0) is 11.3. The maximum Gasteiger partial charge on any atom is 0.00695 e. The molecular formula is C14H29N. The fourth-order valence-electron chi connectivity index (χ4n) is 2.50. The van der Waals surface area contributed by atoms with E-state index in [0.29, 0.717) is 0 Å². The Balaban J connectivity index is 2.33. The standard InChI is InChI=1S/C14H29N/c1-12(2)13(3)11-14(4)15-9-7-5-6-8-10-15/h12-14H,5-11H2,1-4H3. The van der Waals surface area contributed by atoms with Gasteiger partial charge in [0.25, 0.3) is 0 Å². The Morgan fingerprint density at radius 1 is 0.867 bits per heavy atom. The lowest BCUT2D eigenvalue weighted by atomic mass is 9.91. The molecule has 1 heteroatoms. The van der Waals surface area contributed by atoms with Gasteiger partial charge in [0, 0.05) is 6.04 Å². The Morgan fingerprint density at radius 3 is 1.87 bits per heavy atom. The van der Waals surface area contributed by atoms with E-state index >= 15 is 0 Å². The van der Waals surface area contributed by atoms with Crippen molar-refractivity contribution < 1.29 is 0 Å². The fourth-order valence-corrected chi connectivity index (χ4v) is 2.50. The molecule has 0 saturated carbocycles. The van der Waals surface area contributed by atoms with Crippen LogP contribution in [0.5, 0.6) is 0 Å². The van der Waals surface area contributed by atoms with Gasteiger partial charge in [0.15, 0.2) is 0 Å². The van der Waals surface area contributed by atoms with Gasteiger partial charge in [0.05, 0.1) is 0 Å². The fraction of sp³-hybridized carbons (Fsp3) is 1.00. The highest BCUT2D eigenvalue weighted by Crippen LogP contribution is 2.21. The first kappa shape index (κ1) is 13.0. The molecule has 0 aromatic heterocycles. The van der Waals surface area contributed by atoms with Crippen LogP contribution < -0.4 is 0 Å². The second kappa shape index (κ2) is 6.52. The van der Waals surface area contributed by atoms with Gasteiger partial charge in [-0.25, -0.2) is 0 Å². The molecule has 1 saturated heterocycles. The molecule has 1 rings (SSSR count). The molecule has 0 N–H and O–H groups in total. The van der Waals surface area contributed by atoms with Crippen LogP contribution in [0.25, 0.3) is 0 Å². The molecule has 0 amide bonds. The first-order chi connectivity index (χ1) is 7.11. The van der Waals surface area contributed by atoms with E-state index in [1.807, 2.05) is 0 Å². The predicted octanol–water partition coefficient (Wildman–Crippen LogP) is 3.93. The van der Waals surface area contributed by atoms with Crippen LogP contribution in [0.15, 0.2) is 0 Å². The van der Waals surface area contributed by atoms with Crippen LogP contribution in [-0.4, -0.2) is 24.0 Å². The Kier molecular flexibility index (Phi) is 5.66. The first-order valence-electron chi connectivity index (χ1n) is 6.85. The molecule has 15 heavy (non-hydrogen) atoms. The van der Waals surface area contributed by atoms with Crippen LogP contribution in [0, 0.1) is 11.8 Å². The minimum Gasteiger partial charge on any atom is -0.301 e. The normalized spacial score (nSPS) is 23.8. The van der Waals surface area contributed by atoms with E-state index in [1.54, 1.807) is 0 Å². The van der Waals surface area contributed by atoms with Crippen molar-refractivity contribution in [3.63, 3.8) is 0 Å². The third-order valence-electron chi connectivity index (χ3n) is 4.11. The molecule has 1 nitrogen and oxygen atoms in total. The maximum absolute atomic E-state index is 2.71. The minimum absolute atomic E-state index is 0.792. The van der Waals surface area contributed by atoms with Crippen LogP contribution in [0.2, 0.25) is 0 Å². The summed E-state index contributed by atoms with van der Waals surface area (Å²) in [6.45, 7) is 12.2. The van der Waals surface area contributed by atoms with Gasteiger partial charge in [-0.3, -0.25) is 0 Å². The predicted molar refractivity (Wildman–Crippen MR) is 68.1 cm³/mol. The van der Waals surface area contributed by atoms with Crippen LogP contribution in [0.4, 0.5) is 0 Å². The highest BCUT2D eigenvalue weighted by atomic mass is 15.1. The average Bonchev–Trinajstić information content (AvgIpc) is 2.45. The smallest absolute Gasteiger partial charge is 0.00695 e. The summed E-state index contributed by atoms with van der Waals surface area (Å²) in [4.78, 5) is 2.71. The second-order valence-corrected chi connectivity index (χ2v) is 5.76. The second-order valence-electron chi connectivity index (χ2n) is 5.76. The van der Waals surface area contributed by atoms with Crippen molar-refractivity contribution in [3.8, 4) is 0 Å². The van der Waals surface area contributed by atoms with Crippen molar-refractivity contribution in [2.45, 2.75) is 65.8 Å². The Bertz CT molecular complexity index is 157. The molecule has 2 atom stereocenters. The monoisotopic (exact) mass is 211 g/mol. The number of rotatable bonds is 4. The lowest BCUT2D eigenvalue weighted by Crippen LogP contribution is -2.35. The van der Waals surface area contributed by atoms with Gasteiger partial charge in [-0.05, 0) is 51.1 Å². The van der Waals surface area contributed by atoms with Crippen LogP contribution in [0.1, 0.15) is 59.8 Å². The van der Waals surface area contributed by atoms with Crippen LogP contribution in [-0.2, 0) is 0 Å². The molecule has 0 aromatic rings. The van der Waals surface area contributed by atoms with E-state index in [9.17, 15) is 0 Å². The summed E-state index contributed by atoms with van der Waals surface area (Å²) in [5, 5.41) is 0. The van der Waals surface area contributed by atoms with Crippen molar-refractivity contribution in [3.05, 3.63) is 0 Å². The summed E-state index contributed by atoms with van der Waals surface area (Å²) in [5.41, 5.74) is 0. The summed E-state index contributed by atoms with van der Waals surface area (Å²) in [6, 6.07) is 0.792. The molecule has 0 spiro atoms. The highest BCUT2D eigenvalue weighted by molar-refractivity contribution is 4.73. The molecule has 90 valence electrons. The van der Waals surface area contributed by atoms with Crippen molar-refractivity contribution in [2.75, 3.05) is 13.1 Å². The minimum atomic E-state index is 0.792. The molecule has 2 unspecified atom stereocenters. The number of hydrogen-bond acceptors (Lipinski definition) is 1. The molecule has 0 bridgehead atoms. The topological polar surface area (TPSA) is 3.24 Å². The number of hydrogen-bond donors (Lipinski definition) is 0. The lowest BCUT2D eigenvalue weighted by Gasteiger charge is -2.30. The van der Waals surface area contributed by atoms with Crippen molar-refractivity contribution in [1.82, 2.24) is 4.90 Å². The third kappa shape index (κ3) is 4.55.